The van der Waals surface area contributed by atoms with Crippen LogP contribution in [0, 0.1) is 5.41 Å². The second-order valence-electron chi connectivity index (χ2n) is 4.85. The molecule has 3 nitrogen and oxygen atoms in total. The van der Waals surface area contributed by atoms with E-state index in [0.29, 0.717) is 11.3 Å². The number of carbonyl (C=O) groups is 2. The number of benzene rings is 1. The molecule has 0 heterocycles. The van der Waals surface area contributed by atoms with Gasteiger partial charge in [0.2, 0.25) is 5.91 Å². The molecule has 0 aliphatic rings. The fourth-order valence-electron chi connectivity index (χ4n) is 1.33. The summed E-state index contributed by atoms with van der Waals surface area (Å²) in [6, 6.07) is 6.85. The number of anilines is 1. The van der Waals surface area contributed by atoms with E-state index in [9.17, 15) is 9.59 Å². The topological polar surface area (TPSA) is 46.2 Å². The van der Waals surface area contributed by atoms with Crippen molar-refractivity contribution in [2.24, 2.45) is 5.41 Å². The number of rotatable bonds is 3. The van der Waals surface area contributed by atoms with Crippen molar-refractivity contribution in [1.29, 1.82) is 0 Å². The number of nitrogens with one attached hydrogen (secondary N) is 1. The van der Waals surface area contributed by atoms with Crippen molar-refractivity contribution >= 4 is 17.4 Å². The Bertz CT molecular complexity index is 438. The maximum absolute atomic E-state index is 12.0. The van der Waals surface area contributed by atoms with Gasteiger partial charge in [0.25, 0.3) is 0 Å². The van der Waals surface area contributed by atoms with Crippen LogP contribution in [0.3, 0.4) is 0 Å². The molecule has 3 heteroatoms. The van der Waals surface area contributed by atoms with E-state index >= 15 is 0 Å². The summed E-state index contributed by atoms with van der Waals surface area (Å²) in [6.07, 6.45) is 1.20. The second kappa shape index (κ2) is 4.95. The van der Waals surface area contributed by atoms with Gasteiger partial charge in [-0.25, -0.2) is 0 Å². The molecule has 1 N–H and O–H groups in total. The van der Waals surface area contributed by atoms with Crippen LogP contribution in [0.1, 0.15) is 31.1 Å². The highest BCUT2D eigenvalue weighted by atomic mass is 16.1. The Hall–Kier alpha value is -1.90. The summed E-state index contributed by atoms with van der Waals surface area (Å²) in [4.78, 5) is 23.0. The Kier molecular flexibility index (Phi) is 3.84. The summed E-state index contributed by atoms with van der Waals surface area (Å²) in [5, 5.41) is 2.63. The molecule has 0 atom stereocenters. The molecule has 1 aromatic rings. The molecule has 0 aliphatic carbocycles. The van der Waals surface area contributed by atoms with Gasteiger partial charge in [-0.3, -0.25) is 9.59 Å². The number of hydrogen-bond donors (Lipinski definition) is 1. The van der Waals surface area contributed by atoms with Gasteiger partial charge < -0.3 is 5.32 Å². The predicted molar refractivity (Wildman–Crippen MR) is 69.1 cm³/mol. The lowest BCUT2D eigenvalue weighted by Gasteiger charge is -2.16. The average molecular weight is 231 g/mol. The first-order valence-corrected chi connectivity index (χ1v) is 5.43. The highest BCUT2D eigenvalue weighted by Gasteiger charge is 2.22. The average Bonchev–Trinajstić information content (AvgIpc) is 2.27. The summed E-state index contributed by atoms with van der Waals surface area (Å²) in [5.74, 6) is -0.181. The third-order valence-electron chi connectivity index (χ3n) is 2.28. The molecule has 0 fully saturated rings. The first-order valence-electron chi connectivity index (χ1n) is 5.43. The van der Waals surface area contributed by atoms with Crippen LogP contribution in [0.15, 0.2) is 36.9 Å². The zero-order valence-electron chi connectivity index (χ0n) is 10.4. The summed E-state index contributed by atoms with van der Waals surface area (Å²) in [6.45, 7) is 9.00. The van der Waals surface area contributed by atoms with Crippen LogP contribution in [-0.2, 0) is 4.79 Å². The largest absolute Gasteiger partial charge is 0.323 e. The lowest BCUT2D eigenvalue weighted by molar-refractivity contribution is -0.111. The van der Waals surface area contributed by atoms with Crippen LogP contribution in [0.2, 0.25) is 0 Å². The molecular formula is C14H17NO2. The third-order valence-corrected chi connectivity index (χ3v) is 2.28. The standard InChI is InChI=1S/C14H17NO2/c1-5-12(16)15-11-8-6-10(7-9-11)13(17)14(2,3)4/h5-9H,1H2,2-4H3,(H,15,16). The highest BCUT2D eigenvalue weighted by molar-refractivity contribution is 6.01. The van der Waals surface area contributed by atoms with Gasteiger partial charge in [-0.2, -0.15) is 0 Å². The minimum atomic E-state index is -0.397. The monoisotopic (exact) mass is 231 g/mol. The Morgan fingerprint density at radius 3 is 2.12 bits per heavy atom. The number of carbonyl (C=O) groups excluding carboxylic acids is 2. The maximum Gasteiger partial charge on any atom is 0.247 e. The number of ketones is 1. The Balaban J connectivity index is 2.85. The molecule has 0 spiro atoms. The van der Waals surface area contributed by atoms with Gasteiger partial charge in [-0.1, -0.05) is 27.4 Å². The third kappa shape index (κ3) is 3.55. The van der Waals surface area contributed by atoms with E-state index in [1.54, 1.807) is 24.3 Å². The van der Waals surface area contributed by atoms with E-state index in [2.05, 4.69) is 11.9 Å². The quantitative estimate of drug-likeness (QED) is 0.642. The molecule has 0 saturated heterocycles. The molecule has 0 bridgehead atoms. The minimum Gasteiger partial charge on any atom is -0.323 e. The molecular weight excluding hydrogens is 214 g/mol. The molecule has 0 unspecified atom stereocenters. The number of Topliss-reactive ketones (excluding diaryl/α,β-unsaturated/α-hetero) is 1. The van der Waals surface area contributed by atoms with Gasteiger partial charge in [0.15, 0.2) is 5.78 Å². The summed E-state index contributed by atoms with van der Waals surface area (Å²) in [7, 11) is 0. The maximum atomic E-state index is 12.0. The fourth-order valence-corrected chi connectivity index (χ4v) is 1.33. The highest BCUT2D eigenvalue weighted by Crippen LogP contribution is 2.21. The van der Waals surface area contributed by atoms with Crippen molar-refractivity contribution < 1.29 is 9.59 Å². The molecule has 1 rings (SSSR count). The zero-order chi connectivity index (χ0) is 13.1. The Morgan fingerprint density at radius 1 is 1.18 bits per heavy atom. The fraction of sp³-hybridized carbons (Fsp3) is 0.286. The molecule has 1 aromatic carbocycles. The molecule has 90 valence electrons. The van der Waals surface area contributed by atoms with Crippen molar-refractivity contribution in [1.82, 2.24) is 0 Å². The van der Waals surface area contributed by atoms with Crippen LogP contribution in [0.5, 0.6) is 0 Å². The van der Waals surface area contributed by atoms with E-state index in [-0.39, 0.29) is 11.7 Å². The van der Waals surface area contributed by atoms with E-state index < -0.39 is 5.41 Å². The Labute approximate surface area is 102 Å². The Morgan fingerprint density at radius 2 is 1.71 bits per heavy atom. The smallest absolute Gasteiger partial charge is 0.247 e. The normalized spacial score (nSPS) is 10.8. The van der Waals surface area contributed by atoms with E-state index in [4.69, 9.17) is 0 Å². The van der Waals surface area contributed by atoms with Crippen molar-refractivity contribution in [2.75, 3.05) is 5.32 Å². The van der Waals surface area contributed by atoms with Crippen molar-refractivity contribution in [3.8, 4) is 0 Å². The second-order valence-corrected chi connectivity index (χ2v) is 4.85. The molecule has 1 amide bonds. The van der Waals surface area contributed by atoms with Gasteiger partial charge in [0, 0.05) is 16.7 Å². The first-order chi connectivity index (χ1) is 7.84. The van der Waals surface area contributed by atoms with Gasteiger partial charge in [0.1, 0.15) is 0 Å². The summed E-state index contributed by atoms with van der Waals surface area (Å²) < 4.78 is 0. The van der Waals surface area contributed by atoms with Crippen LogP contribution in [0.25, 0.3) is 0 Å². The molecule has 0 aliphatic heterocycles. The molecule has 0 radical (unpaired) electrons. The molecule has 0 saturated carbocycles. The number of amides is 1. The van der Waals surface area contributed by atoms with E-state index in [1.165, 1.54) is 6.08 Å². The van der Waals surface area contributed by atoms with Crippen LogP contribution < -0.4 is 5.32 Å². The summed E-state index contributed by atoms with van der Waals surface area (Å²) >= 11 is 0. The lowest BCUT2D eigenvalue weighted by atomic mass is 9.86. The van der Waals surface area contributed by atoms with Crippen molar-refractivity contribution in [3.63, 3.8) is 0 Å². The van der Waals surface area contributed by atoms with Gasteiger partial charge >= 0.3 is 0 Å². The van der Waals surface area contributed by atoms with Crippen molar-refractivity contribution in [2.45, 2.75) is 20.8 Å². The van der Waals surface area contributed by atoms with Crippen LogP contribution in [0.4, 0.5) is 5.69 Å². The lowest BCUT2D eigenvalue weighted by Crippen LogP contribution is -2.20. The first kappa shape index (κ1) is 13.2. The number of hydrogen-bond acceptors (Lipinski definition) is 2. The van der Waals surface area contributed by atoms with E-state index in [0.717, 1.165) is 0 Å². The van der Waals surface area contributed by atoms with Crippen molar-refractivity contribution in [3.05, 3.63) is 42.5 Å². The zero-order valence-corrected chi connectivity index (χ0v) is 10.4. The SMILES string of the molecule is C=CC(=O)Nc1ccc(C(=O)C(C)(C)C)cc1. The van der Waals surface area contributed by atoms with E-state index in [1.807, 2.05) is 20.8 Å². The molecule has 0 aromatic heterocycles. The van der Waals surface area contributed by atoms with Gasteiger partial charge in [0.05, 0.1) is 0 Å². The van der Waals surface area contributed by atoms with Crippen LogP contribution >= 0.6 is 0 Å². The molecule has 17 heavy (non-hydrogen) atoms. The van der Waals surface area contributed by atoms with Gasteiger partial charge in [-0.05, 0) is 30.3 Å². The summed E-state index contributed by atoms with van der Waals surface area (Å²) in [5.41, 5.74) is 0.903. The minimum absolute atomic E-state index is 0.0825. The predicted octanol–water partition coefficient (Wildman–Crippen LogP) is 3.04. The van der Waals surface area contributed by atoms with Crippen LogP contribution in [-0.4, -0.2) is 11.7 Å². The van der Waals surface area contributed by atoms with Gasteiger partial charge in [-0.15, -0.1) is 0 Å².